The molecule has 3 fully saturated rings. The second-order valence-corrected chi connectivity index (χ2v) is 8.69. The van der Waals surface area contributed by atoms with Gasteiger partial charge in [-0.2, -0.15) is 0 Å². The van der Waals surface area contributed by atoms with Crippen LogP contribution in [0.4, 0.5) is 21.1 Å². The van der Waals surface area contributed by atoms with Crippen LogP contribution in [0.25, 0.3) is 0 Å². The third-order valence-electron chi connectivity index (χ3n) is 6.32. The van der Waals surface area contributed by atoms with Crippen LogP contribution in [-0.4, -0.2) is 79.3 Å². The normalized spacial score (nSPS) is 22.0. The number of anilines is 2. The van der Waals surface area contributed by atoms with Gasteiger partial charge < -0.3 is 25.2 Å². The summed E-state index contributed by atoms with van der Waals surface area (Å²) in [4.78, 5) is 45.9. The molecular weight excluding hydrogens is 412 g/mol. The number of hydrogen-bond acceptors (Lipinski definition) is 6. The Morgan fingerprint density at radius 1 is 1.12 bits per heavy atom. The minimum absolute atomic E-state index is 0.0428. The lowest BCUT2D eigenvalue weighted by molar-refractivity contribution is -0.119. The van der Waals surface area contributed by atoms with Crippen molar-refractivity contribution in [2.75, 3.05) is 49.1 Å². The first-order chi connectivity index (χ1) is 15.5. The van der Waals surface area contributed by atoms with E-state index >= 15 is 0 Å². The predicted octanol–water partition coefficient (Wildman–Crippen LogP) is 1.71. The first kappa shape index (κ1) is 22.2. The van der Waals surface area contributed by atoms with E-state index in [0.717, 1.165) is 31.7 Å². The number of nitrogens with zero attached hydrogens (tertiary/aromatic N) is 4. The van der Waals surface area contributed by atoms with E-state index in [9.17, 15) is 14.4 Å². The van der Waals surface area contributed by atoms with Crippen molar-refractivity contribution in [3.05, 3.63) is 18.3 Å². The van der Waals surface area contributed by atoms with Gasteiger partial charge in [0.05, 0.1) is 25.0 Å². The number of aromatic nitrogens is 1. The van der Waals surface area contributed by atoms with Crippen LogP contribution in [0, 0.1) is 0 Å². The number of carbonyl (C=O) groups is 3. The molecule has 0 aromatic carbocycles. The predicted molar refractivity (Wildman–Crippen MR) is 120 cm³/mol. The minimum atomic E-state index is -0.438. The number of carbonyl (C=O) groups excluding carboxylic acids is 3. The molecule has 0 bridgehead atoms. The number of cyclic esters (lactones) is 1. The lowest BCUT2D eigenvalue weighted by atomic mass is 9.96. The van der Waals surface area contributed by atoms with Crippen molar-refractivity contribution in [3.63, 3.8) is 0 Å². The van der Waals surface area contributed by atoms with E-state index in [1.807, 2.05) is 17.0 Å². The summed E-state index contributed by atoms with van der Waals surface area (Å²) in [6.45, 7) is 4.84. The van der Waals surface area contributed by atoms with Crippen LogP contribution < -0.4 is 20.4 Å². The highest BCUT2D eigenvalue weighted by molar-refractivity contribution is 5.89. The van der Waals surface area contributed by atoms with Crippen molar-refractivity contribution in [1.82, 2.24) is 20.5 Å². The lowest BCUT2D eigenvalue weighted by Crippen LogP contribution is -2.53. The molecular formula is C22H32N6O4. The molecule has 4 rings (SSSR count). The fraction of sp³-hybridized carbons (Fsp3) is 0.636. The van der Waals surface area contributed by atoms with E-state index in [-0.39, 0.29) is 18.0 Å². The Bertz CT molecular complexity index is 818. The Morgan fingerprint density at radius 3 is 2.53 bits per heavy atom. The number of ether oxygens (including phenoxy) is 1. The molecule has 0 radical (unpaired) electrons. The molecule has 1 aromatic rings. The third-order valence-corrected chi connectivity index (χ3v) is 6.32. The van der Waals surface area contributed by atoms with E-state index in [0.29, 0.717) is 37.9 Å². The Hall–Kier alpha value is -3.04. The van der Waals surface area contributed by atoms with E-state index in [1.165, 1.54) is 31.1 Å². The van der Waals surface area contributed by atoms with E-state index in [1.54, 1.807) is 6.20 Å². The highest BCUT2D eigenvalue weighted by Crippen LogP contribution is 2.24. The lowest BCUT2D eigenvalue weighted by Gasteiger charge is -2.36. The first-order valence-corrected chi connectivity index (χ1v) is 11.5. The minimum Gasteiger partial charge on any atom is -0.442 e. The maximum Gasteiger partial charge on any atom is 0.414 e. The van der Waals surface area contributed by atoms with Gasteiger partial charge in [0.2, 0.25) is 5.91 Å². The smallest absolute Gasteiger partial charge is 0.414 e. The summed E-state index contributed by atoms with van der Waals surface area (Å²) in [7, 11) is 0. The van der Waals surface area contributed by atoms with Crippen molar-refractivity contribution in [2.24, 2.45) is 0 Å². The van der Waals surface area contributed by atoms with Crippen LogP contribution in [0.5, 0.6) is 0 Å². The van der Waals surface area contributed by atoms with Crippen molar-refractivity contribution in [1.29, 1.82) is 0 Å². The SMILES string of the molecule is CC(=O)NC[C@H]1CN(c2ccc(N3CCN(C(=O)NC4CCCCC4)CC3)nc2)C(=O)O1. The molecule has 2 aliphatic heterocycles. The number of pyridine rings is 1. The van der Waals surface area contributed by atoms with Gasteiger partial charge in [0.25, 0.3) is 0 Å². The van der Waals surface area contributed by atoms with Crippen LogP contribution in [0.1, 0.15) is 39.0 Å². The van der Waals surface area contributed by atoms with Crippen LogP contribution >= 0.6 is 0 Å². The second-order valence-electron chi connectivity index (χ2n) is 8.69. The van der Waals surface area contributed by atoms with Gasteiger partial charge in [-0.3, -0.25) is 9.69 Å². The Labute approximate surface area is 188 Å². The van der Waals surface area contributed by atoms with Crippen LogP contribution in [0.15, 0.2) is 18.3 Å². The molecule has 3 aliphatic rings. The Kier molecular flexibility index (Phi) is 6.96. The van der Waals surface area contributed by atoms with E-state index in [4.69, 9.17) is 4.74 Å². The Balaban J connectivity index is 1.26. The van der Waals surface area contributed by atoms with Crippen LogP contribution in [0.3, 0.4) is 0 Å². The number of urea groups is 1. The van der Waals surface area contributed by atoms with E-state index in [2.05, 4.69) is 20.5 Å². The van der Waals surface area contributed by atoms with Gasteiger partial charge in [0.1, 0.15) is 11.9 Å². The quantitative estimate of drug-likeness (QED) is 0.716. The summed E-state index contributed by atoms with van der Waals surface area (Å²) >= 11 is 0. The molecule has 4 amide bonds. The number of amides is 4. The number of nitrogens with one attached hydrogen (secondary N) is 2. The van der Waals surface area contributed by atoms with Gasteiger partial charge in [-0.05, 0) is 25.0 Å². The summed E-state index contributed by atoms with van der Waals surface area (Å²) in [6, 6.07) is 4.11. The third kappa shape index (κ3) is 5.41. The van der Waals surface area contributed by atoms with Gasteiger partial charge >= 0.3 is 12.1 Å². The molecule has 174 valence electrons. The fourth-order valence-electron chi connectivity index (χ4n) is 4.47. The summed E-state index contributed by atoms with van der Waals surface area (Å²) in [5, 5.41) is 5.85. The molecule has 10 nitrogen and oxygen atoms in total. The highest BCUT2D eigenvalue weighted by Gasteiger charge is 2.32. The fourth-order valence-corrected chi connectivity index (χ4v) is 4.47. The molecule has 1 aliphatic carbocycles. The monoisotopic (exact) mass is 444 g/mol. The molecule has 1 aromatic heterocycles. The Morgan fingerprint density at radius 2 is 1.88 bits per heavy atom. The first-order valence-electron chi connectivity index (χ1n) is 11.5. The van der Waals surface area contributed by atoms with Gasteiger partial charge in [0, 0.05) is 39.1 Å². The standard InChI is InChI=1S/C22H32N6O4/c1-16(29)23-14-19-15-28(22(31)32-19)18-7-8-20(24-13-18)26-9-11-27(12-10-26)21(30)25-17-5-3-2-4-6-17/h7-8,13,17,19H,2-6,9-12,14-15H2,1H3,(H,23,29)(H,25,30)/t19-/m0/s1. The van der Waals surface area contributed by atoms with Gasteiger partial charge in [-0.15, -0.1) is 0 Å². The molecule has 32 heavy (non-hydrogen) atoms. The summed E-state index contributed by atoms with van der Waals surface area (Å²) < 4.78 is 5.30. The molecule has 0 spiro atoms. The average Bonchev–Trinajstić information content (AvgIpc) is 3.19. The zero-order valence-corrected chi connectivity index (χ0v) is 18.6. The number of hydrogen-bond donors (Lipinski definition) is 2. The molecule has 0 unspecified atom stereocenters. The second kappa shape index (κ2) is 10.1. The van der Waals surface area contributed by atoms with Crippen molar-refractivity contribution in [3.8, 4) is 0 Å². The summed E-state index contributed by atoms with van der Waals surface area (Å²) in [6.07, 6.45) is 6.69. The zero-order chi connectivity index (χ0) is 22.5. The van der Waals surface area contributed by atoms with Crippen molar-refractivity contribution in [2.45, 2.75) is 51.2 Å². The molecule has 2 N–H and O–H groups in total. The zero-order valence-electron chi connectivity index (χ0n) is 18.6. The molecule has 1 atom stereocenters. The summed E-state index contributed by atoms with van der Waals surface area (Å²) in [5.74, 6) is 0.667. The molecule has 2 saturated heterocycles. The van der Waals surface area contributed by atoms with Gasteiger partial charge in [-0.25, -0.2) is 14.6 Å². The number of piperazine rings is 1. The maximum atomic E-state index is 12.6. The molecule has 3 heterocycles. The maximum absolute atomic E-state index is 12.6. The number of rotatable bonds is 5. The van der Waals surface area contributed by atoms with Gasteiger partial charge in [-0.1, -0.05) is 19.3 Å². The van der Waals surface area contributed by atoms with Crippen LogP contribution in [0.2, 0.25) is 0 Å². The highest BCUT2D eigenvalue weighted by atomic mass is 16.6. The van der Waals surface area contributed by atoms with Crippen molar-refractivity contribution >= 4 is 29.5 Å². The topological polar surface area (TPSA) is 107 Å². The van der Waals surface area contributed by atoms with E-state index < -0.39 is 6.09 Å². The van der Waals surface area contributed by atoms with Gasteiger partial charge in [0.15, 0.2) is 0 Å². The average molecular weight is 445 g/mol. The van der Waals surface area contributed by atoms with Crippen LogP contribution in [-0.2, 0) is 9.53 Å². The summed E-state index contributed by atoms with van der Waals surface area (Å²) in [5.41, 5.74) is 0.662. The molecule has 10 heteroatoms. The largest absolute Gasteiger partial charge is 0.442 e. The van der Waals surface area contributed by atoms with Crippen molar-refractivity contribution < 1.29 is 19.1 Å². The molecule has 1 saturated carbocycles.